The number of amides is 1. The highest BCUT2D eigenvalue weighted by Gasteiger charge is 2.30. The van der Waals surface area contributed by atoms with Crippen molar-refractivity contribution in [2.75, 3.05) is 33.3 Å². The molecule has 0 spiro atoms. The Morgan fingerprint density at radius 2 is 1.93 bits per heavy atom. The Morgan fingerprint density at radius 3 is 2.66 bits per heavy atom. The number of fused-ring (bicyclic) bond motifs is 1. The predicted molar refractivity (Wildman–Crippen MR) is 109 cm³/mol. The Balaban J connectivity index is 1.47. The number of halogens is 2. The Hall–Kier alpha value is -2.41. The van der Waals surface area contributed by atoms with Crippen molar-refractivity contribution in [3.05, 3.63) is 70.2 Å². The predicted octanol–water partition coefficient (Wildman–Crippen LogP) is 2.91. The monoisotopic (exact) mass is 417 g/mol. The number of hydrogen-bond donors (Lipinski definition) is 1. The number of quaternary nitrogens is 1. The smallest absolute Gasteiger partial charge is 0.290 e. The molecule has 0 aliphatic carbocycles. The number of piperazine rings is 1. The third kappa shape index (κ3) is 4.01. The first kappa shape index (κ1) is 19.9. The van der Waals surface area contributed by atoms with E-state index in [1.807, 2.05) is 24.3 Å². The minimum absolute atomic E-state index is 0.128. The molecule has 0 saturated carbocycles. The minimum atomic E-state index is -0.282. The average Bonchev–Trinajstić information content (AvgIpc) is 3.10. The normalized spacial score (nSPS) is 15.2. The zero-order valence-electron chi connectivity index (χ0n) is 16.2. The van der Waals surface area contributed by atoms with Crippen LogP contribution in [-0.2, 0) is 17.9 Å². The Morgan fingerprint density at radius 1 is 1.17 bits per heavy atom. The molecule has 29 heavy (non-hydrogen) atoms. The molecule has 152 valence electrons. The summed E-state index contributed by atoms with van der Waals surface area (Å²) in [6.45, 7) is 3.40. The summed E-state index contributed by atoms with van der Waals surface area (Å²) >= 11 is 6.15. The minimum Gasteiger partial charge on any atom is -0.451 e. The van der Waals surface area contributed by atoms with Crippen LogP contribution in [0, 0.1) is 5.82 Å². The second kappa shape index (κ2) is 8.53. The molecule has 2 heterocycles. The molecule has 0 unspecified atom stereocenters. The molecule has 1 aliphatic heterocycles. The summed E-state index contributed by atoms with van der Waals surface area (Å²) in [6.07, 6.45) is 0. The van der Waals surface area contributed by atoms with Crippen molar-refractivity contribution in [2.45, 2.75) is 13.2 Å². The third-order valence-electron chi connectivity index (χ3n) is 5.43. The van der Waals surface area contributed by atoms with Crippen LogP contribution in [0.15, 0.2) is 46.9 Å². The molecule has 5 nitrogen and oxygen atoms in total. The van der Waals surface area contributed by atoms with Crippen LogP contribution in [0.2, 0.25) is 5.02 Å². The van der Waals surface area contributed by atoms with E-state index in [0.29, 0.717) is 48.2 Å². The van der Waals surface area contributed by atoms with Gasteiger partial charge >= 0.3 is 0 Å². The lowest BCUT2D eigenvalue weighted by atomic mass is 10.1. The topological polar surface area (TPSA) is 47.1 Å². The Bertz CT molecular complexity index is 1010. The van der Waals surface area contributed by atoms with Gasteiger partial charge in [0.15, 0.2) is 5.76 Å². The highest BCUT2D eigenvalue weighted by Crippen LogP contribution is 2.27. The Labute approximate surface area is 173 Å². The fourth-order valence-corrected chi connectivity index (χ4v) is 4.09. The van der Waals surface area contributed by atoms with Crippen LogP contribution in [0.3, 0.4) is 0 Å². The number of benzene rings is 2. The van der Waals surface area contributed by atoms with Gasteiger partial charge in [-0.05, 0) is 18.2 Å². The summed E-state index contributed by atoms with van der Waals surface area (Å²) in [5.74, 6) is -0.0696. The molecule has 1 N–H and O–H groups in total. The molecule has 1 aromatic heterocycles. The molecule has 1 aliphatic rings. The van der Waals surface area contributed by atoms with Crippen LogP contribution in [0.25, 0.3) is 11.0 Å². The second-order valence-electron chi connectivity index (χ2n) is 7.26. The third-order valence-corrected chi connectivity index (χ3v) is 5.78. The molecule has 3 aromatic rings. The van der Waals surface area contributed by atoms with Gasteiger partial charge in [0.1, 0.15) is 17.9 Å². The van der Waals surface area contributed by atoms with Crippen LogP contribution in [0.5, 0.6) is 0 Å². The fraction of sp³-hybridized carbons (Fsp3) is 0.318. The van der Waals surface area contributed by atoms with E-state index in [0.717, 1.165) is 24.0 Å². The van der Waals surface area contributed by atoms with Gasteiger partial charge in [-0.3, -0.25) is 4.79 Å². The van der Waals surface area contributed by atoms with Crippen molar-refractivity contribution in [3.63, 3.8) is 0 Å². The molecule has 4 rings (SSSR count). The maximum atomic E-state index is 14.1. The number of nitrogens with one attached hydrogen (secondary N) is 1. The number of nitrogens with zero attached hydrogens (tertiary/aromatic N) is 1. The molecule has 1 fully saturated rings. The molecule has 0 bridgehead atoms. The molecular formula is C22H23ClFN2O3+. The molecule has 1 saturated heterocycles. The van der Waals surface area contributed by atoms with Gasteiger partial charge in [0.25, 0.3) is 5.91 Å². The summed E-state index contributed by atoms with van der Waals surface area (Å²) in [6, 6.07) is 12.3. The largest absolute Gasteiger partial charge is 0.451 e. The van der Waals surface area contributed by atoms with Crippen molar-refractivity contribution in [1.29, 1.82) is 0 Å². The standard InChI is InChI=1S/C22H22ClFN2O3/c1-28-14-17-15-5-2-3-8-20(15)29-21(17)22(27)26-11-9-25(10-12-26)13-16-18(23)6-4-7-19(16)24/h2-8H,9-14H2,1H3/p+1. The first-order chi connectivity index (χ1) is 14.1. The Kier molecular flexibility index (Phi) is 5.85. The van der Waals surface area contributed by atoms with Crippen molar-refractivity contribution < 1.29 is 23.2 Å². The van der Waals surface area contributed by atoms with Crippen LogP contribution < -0.4 is 4.90 Å². The van der Waals surface area contributed by atoms with E-state index in [1.54, 1.807) is 24.1 Å². The van der Waals surface area contributed by atoms with E-state index in [9.17, 15) is 9.18 Å². The quantitative estimate of drug-likeness (QED) is 0.694. The number of methoxy groups -OCH3 is 1. The summed E-state index contributed by atoms with van der Waals surface area (Å²) in [5.41, 5.74) is 1.99. The fourth-order valence-electron chi connectivity index (χ4n) is 3.86. The van der Waals surface area contributed by atoms with Crippen LogP contribution in [0.4, 0.5) is 4.39 Å². The van der Waals surface area contributed by atoms with E-state index in [2.05, 4.69) is 0 Å². The molecule has 1 amide bonds. The molecule has 0 atom stereocenters. The number of rotatable bonds is 5. The zero-order valence-corrected chi connectivity index (χ0v) is 17.0. The van der Waals surface area contributed by atoms with Gasteiger partial charge in [0.2, 0.25) is 0 Å². The number of para-hydroxylation sites is 1. The van der Waals surface area contributed by atoms with Gasteiger partial charge in [0.05, 0.1) is 43.4 Å². The van der Waals surface area contributed by atoms with Crippen LogP contribution >= 0.6 is 11.6 Å². The van der Waals surface area contributed by atoms with Gasteiger partial charge < -0.3 is 19.0 Å². The summed E-state index contributed by atoms with van der Waals surface area (Å²) in [7, 11) is 1.60. The first-order valence-electron chi connectivity index (χ1n) is 9.63. The SMILES string of the molecule is COCc1c(C(=O)N2CC[NH+](Cc3c(F)cccc3Cl)CC2)oc2ccccc12. The lowest BCUT2D eigenvalue weighted by Gasteiger charge is -2.32. The van der Waals surface area contributed by atoms with Gasteiger partial charge in [-0.15, -0.1) is 0 Å². The number of carbonyl (C=O) groups excluding carboxylic acids is 1. The lowest BCUT2D eigenvalue weighted by Crippen LogP contribution is -3.13. The van der Waals surface area contributed by atoms with Crippen molar-refractivity contribution >= 4 is 28.5 Å². The van der Waals surface area contributed by atoms with E-state index < -0.39 is 0 Å². The van der Waals surface area contributed by atoms with Gasteiger partial charge in [0, 0.05) is 18.1 Å². The number of furan rings is 1. The van der Waals surface area contributed by atoms with Crippen molar-refractivity contribution in [2.24, 2.45) is 0 Å². The van der Waals surface area contributed by atoms with E-state index in [1.165, 1.54) is 11.0 Å². The van der Waals surface area contributed by atoms with Gasteiger partial charge in [-0.2, -0.15) is 0 Å². The van der Waals surface area contributed by atoms with Gasteiger partial charge in [-0.25, -0.2) is 4.39 Å². The van der Waals surface area contributed by atoms with Crippen LogP contribution in [0.1, 0.15) is 21.7 Å². The molecule has 2 aromatic carbocycles. The number of ether oxygens (including phenoxy) is 1. The number of hydrogen-bond acceptors (Lipinski definition) is 3. The van der Waals surface area contributed by atoms with E-state index in [4.69, 9.17) is 20.8 Å². The summed E-state index contributed by atoms with van der Waals surface area (Å²) < 4.78 is 25.2. The van der Waals surface area contributed by atoms with E-state index >= 15 is 0 Å². The van der Waals surface area contributed by atoms with Crippen molar-refractivity contribution in [1.82, 2.24) is 4.90 Å². The maximum Gasteiger partial charge on any atom is 0.290 e. The zero-order chi connectivity index (χ0) is 20.4. The van der Waals surface area contributed by atoms with E-state index in [-0.39, 0.29) is 11.7 Å². The highest BCUT2D eigenvalue weighted by atomic mass is 35.5. The first-order valence-corrected chi connectivity index (χ1v) is 10.0. The highest BCUT2D eigenvalue weighted by molar-refractivity contribution is 6.31. The summed E-state index contributed by atoms with van der Waals surface area (Å²) in [4.78, 5) is 16.1. The summed E-state index contributed by atoms with van der Waals surface area (Å²) in [5, 5.41) is 1.35. The average molecular weight is 418 g/mol. The molecular weight excluding hydrogens is 395 g/mol. The second-order valence-corrected chi connectivity index (χ2v) is 7.67. The number of carbonyl (C=O) groups is 1. The van der Waals surface area contributed by atoms with Gasteiger partial charge in [-0.1, -0.05) is 35.9 Å². The van der Waals surface area contributed by atoms with Crippen LogP contribution in [-0.4, -0.2) is 44.1 Å². The van der Waals surface area contributed by atoms with Crippen molar-refractivity contribution in [3.8, 4) is 0 Å². The maximum absolute atomic E-state index is 14.1. The lowest BCUT2D eigenvalue weighted by molar-refractivity contribution is -0.917. The molecule has 7 heteroatoms. The molecule has 0 radical (unpaired) electrons.